The van der Waals surface area contributed by atoms with Crippen LogP contribution >= 0.6 is 15.9 Å². The van der Waals surface area contributed by atoms with Crippen LogP contribution in [0.3, 0.4) is 0 Å². The first-order valence-corrected chi connectivity index (χ1v) is 7.92. The zero-order chi connectivity index (χ0) is 14.6. The number of fused-ring (bicyclic) bond motifs is 4. The Morgan fingerprint density at radius 3 is 3.14 bits per heavy atom. The van der Waals surface area contributed by atoms with Crippen molar-refractivity contribution in [3.05, 3.63) is 45.4 Å². The summed E-state index contributed by atoms with van der Waals surface area (Å²) in [5.41, 5.74) is 3.72. The summed E-state index contributed by atoms with van der Waals surface area (Å²) in [6.07, 6.45) is 4.77. The average molecular weight is 347 g/mol. The van der Waals surface area contributed by atoms with E-state index in [2.05, 4.69) is 31.1 Å². The molecule has 2 bridgehead atoms. The minimum atomic E-state index is 0.0184. The number of aromatic amines is 1. The van der Waals surface area contributed by atoms with E-state index in [1.807, 2.05) is 30.2 Å². The lowest BCUT2D eigenvalue weighted by molar-refractivity contribution is 0.0638. The van der Waals surface area contributed by atoms with Crippen LogP contribution in [0.5, 0.6) is 0 Å². The molecule has 2 unspecified atom stereocenters. The number of amides is 1. The Morgan fingerprint density at radius 1 is 1.43 bits per heavy atom. The highest BCUT2D eigenvalue weighted by Crippen LogP contribution is 2.43. The number of halogens is 1. The van der Waals surface area contributed by atoms with Gasteiger partial charge in [-0.1, -0.05) is 0 Å². The highest BCUT2D eigenvalue weighted by atomic mass is 79.9. The van der Waals surface area contributed by atoms with E-state index in [4.69, 9.17) is 0 Å². The van der Waals surface area contributed by atoms with Gasteiger partial charge in [0.1, 0.15) is 5.69 Å². The molecular weight excluding hydrogens is 332 g/mol. The van der Waals surface area contributed by atoms with Gasteiger partial charge in [-0.25, -0.2) is 4.98 Å². The summed E-state index contributed by atoms with van der Waals surface area (Å²) in [7, 11) is 0. The molecule has 0 aliphatic carbocycles. The summed E-state index contributed by atoms with van der Waals surface area (Å²) in [5, 5.41) is 7.20. The minimum Gasteiger partial charge on any atom is -0.327 e. The molecule has 0 radical (unpaired) electrons. The van der Waals surface area contributed by atoms with Gasteiger partial charge >= 0.3 is 0 Å². The van der Waals surface area contributed by atoms with Crippen LogP contribution in [0.1, 0.15) is 46.3 Å². The van der Waals surface area contributed by atoms with Crippen molar-refractivity contribution >= 4 is 21.8 Å². The van der Waals surface area contributed by atoms with Crippen molar-refractivity contribution < 1.29 is 4.79 Å². The molecule has 4 heterocycles. The van der Waals surface area contributed by atoms with Gasteiger partial charge in [0.2, 0.25) is 0 Å². The van der Waals surface area contributed by atoms with Gasteiger partial charge in [-0.3, -0.25) is 9.89 Å². The van der Waals surface area contributed by atoms with Crippen LogP contribution in [0.25, 0.3) is 0 Å². The Hall–Kier alpha value is -1.69. The van der Waals surface area contributed by atoms with Crippen LogP contribution in [0.2, 0.25) is 0 Å². The van der Waals surface area contributed by atoms with Crippen molar-refractivity contribution in [1.29, 1.82) is 0 Å². The third-order valence-corrected chi connectivity index (χ3v) is 5.12. The lowest BCUT2D eigenvalue weighted by atomic mass is 10.00. The molecule has 2 aliphatic heterocycles. The maximum absolute atomic E-state index is 13.0. The third kappa shape index (κ3) is 1.92. The van der Waals surface area contributed by atoms with E-state index < -0.39 is 0 Å². The Labute approximate surface area is 130 Å². The van der Waals surface area contributed by atoms with Gasteiger partial charge in [0.05, 0.1) is 12.2 Å². The largest absolute Gasteiger partial charge is 0.327 e. The lowest BCUT2D eigenvalue weighted by Crippen LogP contribution is -2.42. The molecule has 1 N–H and O–H groups in total. The maximum atomic E-state index is 13.0. The van der Waals surface area contributed by atoms with E-state index in [0.717, 1.165) is 29.4 Å². The Balaban J connectivity index is 1.74. The number of aryl methyl sites for hydroxylation is 1. The quantitative estimate of drug-likeness (QED) is 0.863. The molecule has 0 spiro atoms. The average Bonchev–Trinajstić information content (AvgIpc) is 3.06. The van der Waals surface area contributed by atoms with Crippen LogP contribution in [0, 0.1) is 6.92 Å². The molecule has 1 saturated heterocycles. The fourth-order valence-electron chi connectivity index (χ4n) is 3.52. The number of aromatic nitrogens is 3. The summed E-state index contributed by atoms with van der Waals surface area (Å²) in [5.74, 6) is 0.0184. The predicted molar refractivity (Wildman–Crippen MR) is 80.9 cm³/mol. The monoisotopic (exact) mass is 346 g/mol. The number of hydrogen-bond acceptors (Lipinski definition) is 3. The van der Waals surface area contributed by atoms with E-state index in [0.29, 0.717) is 5.69 Å². The van der Waals surface area contributed by atoms with Gasteiger partial charge in [-0.05, 0) is 47.8 Å². The smallest absolute Gasteiger partial charge is 0.274 e. The molecule has 1 amide bonds. The zero-order valence-corrected chi connectivity index (χ0v) is 13.2. The lowest BCUT2D eigenvalue weighted by Gasteiger charge is -2.34. The van der Waals surface area contributed by atoms with Crippen molar-refractivity contribution in [2.75, 3.05) is 0 Å². The molecule has 5 nitrogen and oxygen atoms in total. The minimum absolute atomic E-state index is 0.0184. The Kier molecular flexibility index (Phi) is 2.89. The van der Waals surface area contributed by atoms with Gasteiger partial charge in [0, 0.05) is 33.9 Å². The van der Waals surface area contributed by atoms with Crippen molar-refractivity contribution in [3.8, 4) is 0 Å². The van der Waals surface area contributed by atoms with Gasteiger partial charge in [-0.2, -0.15) is 5.10 Å². The van der Waals surface area contributed by atoms with E-state index in [1.165, 1.54) is 11.3 Å². The van der Waals surface area contributed by atoms with Crippen molar-refractivity contribution in [3.63, 3.8) is 0 Å². The number of pyridine rings is 1. The van der Waals surface area contributed by atoms with Crippen LogP contribution in [-0.4, -0.2) is 32.0 Å². The Bertz CT molecular complexity index is 726. The molecule has 6 heteroatoms. The van der Waals surface area contributed by atoms with Crippen LogP contribution in [-0.2, 0) is 6.42 Å². The van der Waals surface area contributed by atoms with Crippen LogP contribution in [0.15, 0.2) is 22.8 Å². The summed E-state index contributed by atoms with van der Waals surface area (Å²) in [4.78, 5) is 19.4. The number of hydrogen-bond donors (Lipinski definition) is 1. The number of carbonyl (C=O) groups is 1. The van der Waals surface area contributed by atoms with Crippen LogP contribution < -0.4 is 0 Å². The number of H-pyrrole nitrogens is 1. The Morgan fingerprint density at radius 2 is 2.29 bits per heavy atom. The molecule has 21 heavy (non-hydrogen) atoms. The summed E-state index contributed by atoms with van der Waals surface area (Å²) in [6.45, 7) is 1.90. The zero-order valence-electron chi connectivity index (χ0n) is 11.6. The third-order valence-electron chi connectivity index (χ3n) is 4.48. The summed E-state index contributed by atoms with van der Waals surface area (Å²) >= 11 is 3.45. The van der Waals surface area contributed by atoms with Gasteiger partial charge in [0.15, 0.2) is 0 Å². The standard InChI is InChI=1S/C15H15BrN4O/c1-8-2-4-11(16)14(18-8)15(21)20-9-3-5-13(20)10-7-17-19-12(10)6-9/h2,4,7,9,13H,3,5-6H2,1H3,(H,17,19). The maximum Gasteiger partial charge on any atom is 0.274 e. The van der Waals surface area contributed by atoms with Crippen molar-refractivity contribution in [2.24, 2.45) is 0 Å². The molecule has 4 rings (SSSR count). The summed E-state index contributed by atoms with van der Waals surface area (Å²) in [6, 6.07) is 4.19. The highest BCUT2D eigenvalue weighted by molar-refractivity contribution is 9.10. The predicted octanol–water partition coefficient (Wildman–Crippen LogP) is 2.78. The normalized spacial score (nSPS) is 23.2. The molecule has 2 aliphatic rings. The first-order valence-electron chi connectivity index (χ1n) is 7.13. The first-order chi connectivity index (χ1) is 10.1. The molecule has 1 fully saturated rings. The molecule has 2 aromatic heterocycles. The second-order valence-corrected chi connectivity index (χ2v) is 6.60. The van der Waals surface area contributed by atoms with E-state index in [1.54, 1.807) is 0 Å². The fraction of sp³-hybridized carbons (Fsp3) is 0.400. The van der Waals surface area contributed by atoms with E-state index in [9.17, 15) is 4.79 Å². The molecule has 0 aromatic carbocycles. The SMILES string of the molecule is Cc1ccc(Br)c(C(=O)N2C3CCC2c2cn[nH]c2C3)n1. The van der Waals surface area contributed by atoms with Gasteiger partial charge in [0.25, 0.3) is 5.91 Å². The van der Waals surface area contributed by atoms with E-state index in [-0.39, 0.29) is 18.0 Å². The second-order valence-electron chi connectivity index (χ2n) is 5.75. The fourth-order valence-corrected chi connectivity index (χ4v) is 3.91. The highest BCUT2D eigenvalue weighted by Gasteiger charge is 2.44. The first kappa shape index (κ1) is 13.0. The topological polar surface area (TPSA) is 61.9 Å². The van der Waals surface area contributed by atoms with Crippen molar-refractivity contribution in [2.45, 2.75) is 38.3 Å². The number of carbonyl (C=O) groups excluding carboxylic acids is 1. The molecule has 108 valence electrons. The van der Waals surface area contributed by atoms with Crippen molar-refractivity contribution in [1.82, 2.24) is 20.1 Å². The summed E-state index contributed by atoms with van der Waals surface area (Å²) < 4.78 is 0.760. The molecule has 2 atom stereocenters. The number of nitrogens with one attached hydrogen (secondary N) is 1. The second kappa shape index (κ2) is 4.66. The molecule has 2 aromatic rings. The van der Waals surface area contributed by atoms with E-state index >= 15 is 0 Å². The number of rotatable bonds is 1. The van der Waals surface area contributed by atoms with Crippen LogP contribution in [0.4, 0.5) is 0 Å². The molecular formula is C15H15BrN4O. The number of nitrogens with zero attached hydrogens (tertiary/aromatic N) is 3. The van der Waals surface area contributed by atoms with Gasteiger partial charge in [-0.15, -0.1) is 0 Å². The van der Waals surface area contributed by atoms with Gasteiger partial charge < -0.3 is 4.90 Å². The molecule has 0 saturated carbocycles.